The molecule has 108 valence electrons. The number of carbonyl (C=O) groups excluding carboxylic acids is 2. The molecule has 1 saturated heterocycles. The molecule has 6 nitrogen and oxygen atoms in total. The second-order valence-corrected chi connectivity index (χ2v) is 5.41. The van der Waals surface area contributed by atoms with Gasteiger partial charge >= 0.3 is 5.97 Å². The molecule has 0 unspecified atom stereocenters. The van der Waals surface area contributed by atoms with Crippen LogP contribution < -0.4 is 5.32 Å². The van der Waals surface area contributed by atoms with Crippen LogP contribution in [0.3, 0.4) is 0 Å². The maximum Gasteiger partial charge on any atom is 0.309 e. The fourth-order valence-electron chi connectivity index (χ4n) is 2.83. The molecule has 2 aliphatic rings. The lowest BCUT2D eigenvalue weighted by atomic mass is 10.0. The number of hydrogen-bond donors (Lipinski definition) is 1. The van der Waals surface area contributed by atoms with Crippen LogP contribution in [-0.4, -0.2) is 28.0 Å². The molecule has 1 aromatic heterocycles. The van der Waals surface area contributed by atoms with Crippen LogP contribution in [0.25, 0.3) is 0 Å². The van der Waals surface area contributed by atoms with Crippen molar-refractivity contribution in [1.82, 2.24) is 9.55 Å². The smallest absolute Gasteiger partial charge is 0.309 e. The number of amides is 1. The zero-order valence-electron chi connectivity index (χ0n) is 11.4. The summed E-state index contributed by atoms with van der Waals surface area (Å²) >= 11 is 0. The van der Waals surface area contributed by atoms with E-state index in [-0.39, 0.29) is 17.8 Å². The van der Waals surface area contributed by atoms with Gasteiger partial charge in [0, 0.05) is 19.4 Å². The van der Waals surface area contributed by atoms with Crippen LogP contribution in [0.4, 0.5) is 5.82 Å². The Balaban J connectivity index is 1.54. The first kappa shape index (κ1) is 13.1. The lowest BCUT2D eigenvalue weighted by Gasteiger charge is -2.16. The highest BCUT2D eigenvalue weighted by Gasteiger charge is 2.26. The zero-order chi connectivity index (χ0) is 13.9. The SMILES string of the molecule is O=C(CC[C@@H]1CCOC1=O)Nc1cnc2n1CCCC2. The van der Waals surface area contributed by atoms with E-state index in [4.69, 9.17) is 4.74 Å². The lowest BCUT2D eigenvalue weighted by Crippen LogP contribution is -2.19. The van der Waals surface area contributed by atoms with Crippen LogP contribution in [0.5, 0.6) is 0 Å². The minimum atomic E-state index is -0.167. The molecule has 6 heteroatoms. The van der Waals surface area contributed by atoms with Crippen molar-refractivity contribution in [3.05, 3.63) is 12.0 Å². The molecule has 1 N–H and O–H groups in total. The quantitative estimate of drug-likeness (QED) is 0.846. The standard InChI is InChI=1S/C14H19N3O3/c18-13(5-4-10-6-8-20-14(10)19)16-12-9-15-11-3-1-2-7-17(11)12/h9-10H,1-8H2,(H,16,18)/t10-/m1/s1. The van der Waals surface area contributed by atoms with E-state index in [0.717, 1.165) is 43.9 Å². The first-order chi connectivity index (χ1) is 9.74. The summed E-state index contributed by atoms with van der Waals surface area (Å²) in [5.74, 6) is 1.49. The Morgan fingerprint density at radius 2 is 2.40 bits per heavy atom. The van der Waals surface area contributed by atoms with Gasteiger partial charge in [0.1, 0.15) is 11.6 Å². The number of nitrogens with zero attached hydrogens (tertiary/aromatic N) is 2. The molecule has 0 saturated carbocycles. The number of aromatic nitrogens is 2. The normalized spacial score (nSPS) is 21.4. The van der Waals surface area contributed by atoms with Crippen molar-refractivity contribution in [2.45, 2.75) is 45.1 Å². The fraction of sp³-hybridized carbons (Fsp3) is 0.643. The topological polar surface area (TPSA) is 73.2 Å². The molecular formula is C14H19N3O3. The summed E-state index contributed by atoms with van der Waals surface area (Å²) in [6, 6.07) is 0. The highest BCUT2D eigenvalue weighted by molar-refractivity contribution is 5.90. The predicted octanol–water partition coefficient (Wildman–Crippen LogP) is 1.50. The van der Waals surface area contributed by atoms with Crippen molar-refractivity contribution in [1.29, 1.82) is 0 Å². The third kappa shape index (κ3) is 2.69. The van der Waals surface area contributed by atoms with Crippen LogP contribution in [0, 0.1) is 5.92 Å². The molecule has 1 amide bonds. The molecule has 0 aromatic carbocycles. The van der Waals surface area contributed by atoms with Crippen molar-refractivity contribution < 1.29 is 14.3 Å². The van der Waals surface area contributed by atoms with E-state index in [9.17, 15) is 9.59 Å². The first-order valence-electron chi connectivity index (χ1n) is 7.25. The van der Waals surface area contributed by atoms with E-state index < -0.39 is 0 Å². The number of rotatable bonds is 4. The number of nitrogens with one attached hydrogen (secondary N) is 1. The number of imidazole rings is 1. The average Bonchev–Trinajstić information content (AvgIpc) is 3.04. The molecule has 0 bridgehead atoms. The van der Waals surface area contributed by atoms with Gasteiger partial charge in [-0.1, -0.05) is 0 Å². The van der Waals surface area contributed by atoms with Gasteiger partial charge in [0.2, 0.25) is 5.91 Å². The van der Waals surface area contributed by atoms with Gasteiger partial charge in [0.05, 0.1) is 18.7 Å². The van der Waals surface area contributed by atoms with Crippen molar-refractivity contribution in [3.63, 3.8) is 0 Å². The van der Waals surface area contributed by atoms with Gasteiger partial charge in [-0.2, -0.15) is 0 Å². The summed E-state index contributed by atoms with van der Waals surface area (Å²) in [6.45, 7) is 1.40. The molecule has 1 fully saturated rings. The maximum absolute atomic E-state index is 12.0. The van der Waals surface area contributed by atoms with Crippen LogP contribution in [0.2, 0.25) is 0 Å². The Morgan fingerprint density at radius 3 is 3.20 bits per heavy atom. The van der Waals surface area contributed by atoms with Gasteiger partial charge in [-0.15, -0.1) is 0 Å². The van der Waals surface area contributed by atoms with E-state index in [2.05, 4.69) is 14.9 Å². The van der Waals surface area contributed by atoms with E-state index in [0.29, 0.717) is 19.4 Å². The number of aryl methyl sites for hydroxylation is 1. The number of esters is 1. The zero-order valence-corrected chi connectivity index (χ0v) is 11.4. The van der Waals surface area contributed by atoms with Gasteiger partial charge < -0.3 is 14.6 Å². The van der Waals surface area contributed by atoms with E-state index in [1.165, 1.54) is 0 Å². The van der Waals surface area contributed by atoms with Gasteiger partial charge in [-0.3, -0.25) is 9.59 Å². The molecule has 0 spiro atoms. The molecule has 3 heterocycles. The molecular weight excluding hydrogens is 258 g/mol. The molecule has 0 radical (unpaired) electrons. The van der Waals surface area contributed by atoms with Crippen LogP contribution in [-0.2, 0) is 27.3 Å². The summed E-state index contributed by atoms with van der Waals surface area (Å²) < 4.78 is 6.97. The third-order valence-electron chi connectivity index (χ3n) is 4.00. The molecule has 1 aromatic rings. The minimum absolute atomic E-state index is 0.0574. The summed E-state index contributed by atoms with van der Waals surface area (Å²) in [5, 5.41) is 2.90. The molecule has 1 atom stereocenters. The van der Waals surface area contributed by atoms with Gasteiger partial charge in [-0.05, 0) is 25.7 Å². The summed E-state index contributed by atoms with van der Waals surface area (Å²) in [6.07, 6.45) is 6.63. The van der Waals surface area contributed by atoms with Crippen molar-refractivity contribution >= 4 is 17.7 Å². The molecule has 3 rings (SSSR count). The van der Waals surface area contributed by atoms with Gasteiger partial charge in [0.25, 0.3) is 0 Å². The number of cyclic esters (lactones) is 1. The Morgan fingerprint density at radius 1 is 1.50 bits per heavy atom. The van der Waals surface area contributed by atoms with Crippen LogP contribution >= 0.6 is 0 Å². The summed E-state index contributed by atoms with van der Waals surface area (Å²) in [4.78, 5) is 27.6. The summed E-state index contributed by atoms with van der Waals surface area (Å²) in [7, 11) is 0. The van der Waals surface area contributed by atoms with Crippen LogP contribution in [0.1, 0.15) is 37.9 Å². The van der Waals surface area contributed by atoms with Gasteiger partial charge in [0.15, 0.2) is 0 Å². The second-order valence-electron chi connectivity index (χ2n) is 5.41. The van der Waals surface area contributed by atoms with E-state index in [1.54, 1.807) is 6.20 Å². The predicted molar refractivity (Wildman–Crippen MR) is 72.1 cm³/mol. The average molecular weight is 277 g/mol. The van der Waals surface area contributed by atoms with E-state index in [1.807, 2.05) is 0 Å². The number of fused-ring (bicyclic) bond motifs is 1. The Bertz CT molecular complexity index is 524. The number of hydrogen-bond acceptors (Lipinski definition) is 4. The Labute approximate surface area is 117 Å². The molecule has 20 heavy (non-hydrogen) atoms. The Kier molecular flexibility index (Phi) is 3.71. The molecule has 2 aliphatic heterocycles. The second kappa shape index (κ2) is 5.64. The van der Waals surface area contributed by atoms with Crippen molar-refractivity contribution in [2.75, 3.05) is 11.9 Å². The largest absolute Gasteiger partial charge is 0.465 e. The minimum Gasteiger partial charge on any atom is -0.465 e. The molecule has 0 aliphatic carbocycles. The highest BCUT2D eigenvalue weighted by atomic mass is 16.5. The Hall–Kier alpha value is -1.85. The third-order valence-corrected chi connectivity index (χ3v) is 4.00. The number of ether oxygens (including phenoxy) is 1. The fourth-order valence-corrected chi connectivity index (χ4v) is 2.83. The number of carbonyl (C=O) groups is 2. The lowest BCUT2D eigenvalue weighted by molar-refractivity contribution is -0.141. The van der Waals surface area contributed by atoms with Gasteiger partial charge in [-0.25, -0.2) is 4.98 Å². The van der Waals surface area contributed by atoms with Crippen LogP contribution in [0.15, 0.2) is 6.20 Å². The maximum atomic E-state index is 12.0. The summed E-state index contributed by atoms with van der Waals surface area (Å²) in [5.41, 5.74) is 0. The number of anilines is 1. The first-order valence-corrected chi connectivity index (χ1v) is 7.25. The van der Waals surface area contributed by atoms with E-state index >= 15 is 0 Å². The highest BCUT2D eigenvalue weighted by Crippen LogP contribution is 2.22. The van der Waals surface area contributed by atoms with Crippen molar-refractivity contribution in [2.24, 2.45) is 5.92 Å². The monoisotopic (exact) mass is 277 g/mol. The van der Waals surface area contributed by atoms with Crippen molar-refractivity contribution in [3.8, 4) is 0 Å².